The van der Waals surface area contributed by atoms with E-state index >= 15 is 0 Å². The van der Waals surface area contributed by atoms with E-state index in [4.69, 9.17) is 14.2 Å². The molecule has 8 heteroatoms. The number of benzene rings is 1. The summed E-state index contributed by atoms with van der Waals surface area (Å²) < 4.78 is 18.5. The van der Waals surface area contributed by atoms with Crippen LogP contribution in [0.1, 0.15) is 16.1 Å². The number of aromatic nitrogens is 2. The van der Waals surface area contributed by atoms with Gasteiger partial charge in [-0.05, 0) is 34.1 Å². The number of nitrogens with one attached hydrogen (secondary N) is 1. The molecule has 0 fully saturated rings. The van der Waals surface area contributed by atoms with E-state index in [1.807, 2.05) is 35.0 Å². The van der Waals surface area contributed by atoms with Gasteiger partial charge in [-0.3, -0.25) is 4.79 Å². The zero-order chi connectivity index (χ0) is 19.4. The second kappa shape index (κ2) is 8.30. The van der Waals surface area contributed by atoms with E-state index in [1.165, 1.54) is 21.3 Å². The number of methoxy groups -OCH3 is 3. The Morgan fingerprint density at radius 2 is 1.96 bits per heavy atom. The van der Waals surface area contributed by atoms with Crippen LogP contribution < -0.4 is 19.5 Å². The minimum atomic E-state index is -0.245. The molecule has 3 rings (SSSR count). The maximum Gasteiger partial charge on any atom is 0.252 e. The maximum absolute atomic E-state index is 12.6. The molecule has 1 amide bonds. The van der Waals surface area contributed by atoms with Crippen molar-refractivity contribution in [2.45, 2.75) is 6.42 Å². The lowest BCUT2D eigenvalue weighted by molar-refractivity contribution is 0.0952. The van der Waals surface area contributed by atoms with Crippen LogP contribution in [0.5, 0.6) is 17.2 Å². The monoisotopic (exact) mass is 433 g/mol. The van der Waals surface area contributed by atoms with Gasteiger partial charge in [0, 0.05) is 25.4 Å². The Kier molecular flexibility index (Phi) is 5.85. The molecule has 0 unspecified atom stereocenters. The number of halogens is 1. The topological polar surface area (TPSA) is 74.1 Å². The predicted molar refractivity (Wildman–Crippen MR) is 105 cm³/mol. The Bertz CT molecular complexity index is 938. The molecule has 142 valence electrons. The maximum atomic E-state index is 12.6. The molecule has 0 bridgehead atoms. The molecule has 0 aliphatic heterocycles. The first-order valence-corrected chi connectivity index (χ1v) is 9.07. The second-order valence-corrected chi connectivity index (χ2v) is 6.50. The number of carbonyl (C=O) groups is 1. The van der Waals surface area contributed by atoms with E-state index in [0.29, 0.717) is 40.3 Å². The number of nitrogens with zero attached hydrogens (tertiary/aromatic N) is 2. The van der Waals surface area contributed by atoms with E-state index in [1.54, 1.807) is 6.07 Å². The lowest BCUT2D eigenvalue weighted by Gasteiger charge is -2.16. The Hall–Kier alpha value is -2.74. The predicted octanol–water partition coefficient (Wildman–Crippen LogP) is 3.10. The number of fused-ring (bicyclic) bond motifs is 1. The Morgan fingerprint density at radius 3 is 2.63 bits per heavy atom. The fourth-order valence-electron chi connectivity index (χ4n) is 2.79. The van der Waals surface area contributed by atoms with Gasteiger partial charge in [-0.25, -0.2) is 4.98 Å². The molecule has 2 aromatic heterocycles. The van der Waals surface area contributed by atoms with Crippen LogP contribution in [-0.4, -0.2) is 43.2 Å². The van der Waals surface area contributed by atoms with Gasteiger partial charge in [-0.2, -0.15) is 0 Å². The van der Waals surface area contributed by atoms with Gasteiger partial charge in [0.25, 0.3) is 5.91 Å². The van der Waals surface area contributed by atoms with E-state index in [-0.39, 0.29) is 5.91 Å². The van der Waals surface area contributed by atoms with Gasteiger partial charge in [0.15, 0.2) is 11.5 Å². The molecule has 0 aliphatic carbocycles. The van der Waals surface area contributed by atoms with Gasteiger partial charge in [0.2, 0.25) is 5.75 Å². The summed E-state index contributed by atoms with van der Waals surface area (Å²) in [6, 6.07) is 7.44. The first-order valence-electron chi connectivity index (χ1n) is 8.28. The molecule has 0 radical (unpaired) electrons. The molecule has 0 aliphatic rings. The minimum absolute atomic E-state index is 0.245. The van der Waals surface area contributed by atoms with Crippen molar-refractivity contribution < 1.29 is 19.0 Å². The Balaban J connectivity index is 1.73. The highest BCUT2D eigenvalue weighted by atomic mass is 79.9. The van der Waals surface area contributed by atoms with Crippen LogP contribution in [0.15, 0.2) is 41.1 Å². The summed E-state index contributed by atoms with van der Waals surface area (Å²) in [7, 11) is 4.53. The summed E-state index contributed by atoms with van der Waals surface area (Å²) in [6.07, 6.45) is 4.52. The van der Waals surface area contributed by atoms with Crippen LogP contribution in [0.25, 0.3) is 5.65 Å². The Labute approximate surface area is 165 Å². The van der Waals surface area contributed by atoms with Crippen molar-refractivity contribution in [3.8, 4) is 17.2 Å². The SMILES string of the molecule is COc1cc(C(=O)NCCc2cn3ccccc3n2)c(Br)c(OC)c1OC. The summed E-state index contributed by atoms with van der Waals surface area (Å²) in [5, 5.41) is 2.90. The number of ether oxygens (including phenoxy) is 3. The number of pyridine rings is 1. The van der Waals surface area contributed by atoms with E-state index in [9.17, 15) is 4.79 Å². The smallest absolute Gasteiger partial charge is 0.252 e. The van der Waals surface area contributed by atoms with Crippen LogP contribution in [0.2, 0.25) is 0 Å². The normalized spacial score (nSPS) is 10.7. The number of hydrogen-bond acceptors (Lipinski definition) is 5. The molecule has 0 saturated heterocycles. The summed E-state index contributed by atoms with van der Waals surface area (Å²) in [4.78, 5) is 17.2. The van der Waals surface area contributed by atoms with Gasteiger partial charge in [-0.15, -0.1) is 0 Å². The highest BCUT2D eigenvalue weighted by Crippen LogP contribution is 2.44. The van der Waals surface area contributed by atoms with Crippen molar-refractivity contribution in [2.24, 2.45) is 0 Å². The van der Waals surface area contributed by atoms with Gasteiger partial charge in [0.1, 0.15) is 5.65 Å². The molecule has 1 N–H and O–H groups in total. The van der Waals surface area contributed by atoms with Crippen molar-refractivity contribution in [3.63, 3.8) is 0 Å². The summed E-state index contributed by atoms with van der Waals surface area (Å²) in [6.45, 7) is 0.450. The fraction of sp³-hybridized carbons (Fsp3) is 0.263. The molecule has 3 aromatic rings. The zero-order valence-corrected chi connectivity index (χ0v) is 16.9. The molecule has 0 spiro atoms. The minimum Gasteiger partial charge on any atom is -0.493 e. The molecular formula is C19H20BrN3O4. The third kappa shape index (κ3) is 3.85. The summed E-state index contributed by atoms with van der Waals surface area (Å²) >= 11 is 3.42. The van der Waals surface area contributed by atoms with Gasteiger partial charge >= 0.3 is 0 Å². The second-order valence-electron chi connectivity index (χ2n) is 5.71. The highest BCUT2D eigenvalue weighted by molar-refractivity contribution is 9.10. The first-order chi connectivity index (χ1) is 13.1. The molecule has 7 nitrogen and oxygen atoms in total. The highest BCUT2D eigenvalue weighted by Gasteiger charge is 2.22. The van der Waals surface area contributed by atoms with Crippen LogP contribution in [0.3, 0.4) is 0 Å². The van der Waals surface area contributed by atoms with Crippen LogP contribution in [0.4, 0.5) is 0 Å². The lowest BCUT2D eigenvalue weighted by Crippen LogP contribution is -2.26. The van der Waals surface area contributed by atoms with Gasteiger partial charge in [-0.1, -0.05) is 6.07 Å². The average Bonchev–Trinajstić information content (AvgIpc) is 3.10. The molecule has 2 heterocycles. The van der Waals surface area contributed by atoms with E-state index in [0.717, 1.165) is 11.3 Å². The number of carbonyl (C=O) groups excluding carboxylic acids is 1. The van der Waals surface area contributed by atoms with Crippen LogP contribution in [-0.2, 0) is 6.42 Å². The standard InChI is InChI=1S/C19H20BrN3O4/c1-25-14-10-13(16(20)18(27-3)17(14)26-2)19(24)21-8-7-12-11-23-9-5-4-6-15(23)22-12/h4-6,9-11H,7-8H2,1-3H3,(H,21,24). The summed E-state index contributed by atoms with van der Waals surface area (Å²) in [5.41, 5.74) is 2.19. The van der Waals surface area contributed by atoms with Crippen molar-refractivity contribution in [3.05, 3.63) is 52.4 Å². The number of amides is 1. The molecule has 27 heavy (non-hydrogen) atoms. The van der Waals surface area contributed by atoms with Crippen LogP contribution >= 0.6 is 15.9 Å². The molecule has 0 atom stereocenters. The third-order valence-corrected chi connectivity index (χ3v) is 4.88. The van der Waals surface area contributed by atoms with Crippen molar-refractivity contribution >= 4 is 27.5 Å². The fourth-order valence-corrected chi connectivity index (χ4v) is 3.43. The van der Waals surface area contributed by atoms with E-state index in [2.05, 4.69) is 26.2 Å². The molecule has 0 saturated carbocycles. The molecular weight excluding hydrogens is 414 g/mol. The lowest BCUT2D eigenvalue weighted by atomic mass is 10.1. The van der Waals surface area contributed by atoms with Gasteiger partial charge < -0.3 is 23.9 Å². The number of rotatable bonds is 7. The van der Waals surface area contributed by atoms with Crippen molar-refractivity contribution in [1.82, 2.24) is 14.7 Å². The van der Waals surface area contributed by atoms with Crippen molar-refractivity contribution in [2.75, 3.05) is 27.9 Å². The summed E-state index contributed by atoms with van der Waals surface area (Å²) in [5.74, 6) is 1.00. The molecule has 1 aromatic carbocycles. The quantitative estimate of drug-likeness (QED) is 0.619. The number of imidazole rings is 1. The Morgan fingerprint density at radius 1 is 1.19 bits per heavy atom. The van der Waals surface area contributed by atoms with Crippen LogP contribution in [0, 0.1) is 0 Å². The average molecular weight is 434 g/mol. The van der Waals surface area contributed by atoms with Crippen molar-refractivity contribution in [1.29, 1.82) is 0 Å². The van der Waals surface area contributed by atoms with E-state index < -0.39 is 0 Å². The first kappa shape index (κ1) is 19.0. The number of hydrogen-bond donors (Lipinski definition) is 1. The third-order valence-electron chi connectivity index (χ3n) is 4.09. The zero-order valence-electron chi connectivity index (χ0n) is 15.3. The largest absolute Gasteiger partial charge is 0.493 e. The van der Waals surface area contributed by atoms with Gasteiger partial charge in [0.05, 0.1) is 37.1 Å².